The van der Waals surface area contributed by atoms with Crippen LogP contribution in [0.2, 0.25) is 0 Å². The Morgan fingerprint density at radius 3 is 2.44 bits per heavy atom. The fourth-order valence-electron chi connectivity index (χ4n) is 2.41. The van der Waals surface area contributed by atoms with E-state index in [1.165, 1.54) is 42.5 Å². The molecule has 2 aromatic carbocycles. The molecule has 27 heavy (non-hydrogen) atoms. The van der Waals surface area contributed by atoms with Crippen LogP contribution in [0.4, 0.5) is 23.2 Å². The van der Waals surface area contributed by atoms with Crippen molar-refractivity contribution in [2.45, 2.75) is 12.6 Å². The van der Waals surface area contributed by atoms with Crippen molar-refractivity contribution in [2.75, 3.05) is 32.1 Å². The number of carbonyl (C=O) groups is 1. The summed E-state index contributed by atoms with van der Waals surface area (Å²) in [7, 11) is 1.69. The summed E-state index contributed by atoms with van der Waals surface area (Å²) in [5.74, 6) is -0.339. The lowest BCUT2D eigenvalue weighted by Crippen LogP contribution is -2.32. The van der Waals surface area contributed by atoms with E-state index in [1.54, 1.807) is 11.9 Å². The second kappa shape index (κ2) is 9.36. The molecule has 1 N–H and O–H groups in total. The summed E-state index contributed by atoms with van der Waals surface area (Å²) in [4.78, 5) is 13.7. The Bertz CT molecular complexity index is 748. The van der Waals surface area contributed by atoms with E-state index >= 15 is 0 Å². The van der Waals surface area contributed by atoms with Crippen LogP contribution in [0, 0.1) is 5.82 Å². The maximum atomic E-state index is 12.9. The summed E-state index contributed by atoms with van der Waals surface area (Å²) >= 11 is 0. The number of halogens is 4. The van der Waals surface area contributed by atoms with Crippen LogP contribution in [-0.4, -0.2) is 37.6 Å². The van der Waals surface area contributed by atoms with Crippen molar-refractivity contribution in [3.8, 4) is 5.75 Å². The van der Waals surface area contributed by atoms with Crippen molar-refractivity contribution in [1.29, 1.82) is 0 Å². The Labute approximate surface area is 154 Å². The van der Waals surface area contributed by atoms with Crippen LogP contribution in [0.5, 0.6) is 5.75 Å². The number of alkyl halides is 3. The number of likely N-dealkylation sites (N-methyl/N-ethyl adjacent to an activating group) is 1. The fraction of sp³-hybridized carbons (Fsp3) is 0.316. The zero-order chi connectivity index (χ0) is 19.9. The van der Waals surface area contributed by atoms with Gasteiger partial charge in [-0.15, -0.1) is 0 Å². The summed E-state index contributed by atoms with van der Waals surface area (Å²) in [6.07, 6.45) is -3.94. The van der Waals surface area contributed by atoms with E-state index in [1.807, 2.05) is 0 Å². The fourth-order valence-corrected chi connectivity index (χ4v) is 2.41. The molecule has 2 aromatic rings. The van der Waals surface area contributed by atoms with Gasteiger partial charge in [-0.2, -0.15) is 13.2 Å². The molecule has 8 heteroatoms. The van der Waals surface area contributed by atoms with E-state index in [2.05, 4.69) is 5.32 Å². The van der Waals surface area contributed by atoms with Crippen molar-refractivity contribution in [1.82, 2.24) is 4.90 Å². The van der Waals surface area contributed by atoms with Crippen molar-refractivity contribution >= 4 is 11.6 Å². The molecule has 2 rings (SSSR count). The van der Waals surface area contributed by atoms with E-state index in [0.717, 1.165) is 6.07 Å². The van der Waals surface area contributed by atoms with Crippen LogP contribution in [0.15, 0.2) is 48.5 Å². The Morgan fingerprint density at radius 1 is 1.11 bits per heavy atom. The molecule has 0 spiro atoms. The van der Waals surface area contributed by atoms with Crippen molar-refractivity contribution < 1.29 is 27.1 Å². The van der Waals surface area contributed by atoms with Gasteiger partial charge in [-0.25, -0.2) is 4.39 Å². The Morgan fingerprint density at radius 2 is 1.78 bits per heavy atom. The molecular weight excluding hydrogens is 364 g/mol. The number of hydrogen-bond acceptors (Lipinski definition) is 3. The first-order valence-electron chi connectivity index (χ1n) is 8.28. The van der Waals surface area contributed by atoms with Gasteiger partial charge in [-0.3, -0.25) is 9.69 Å². The minimum Gasteiger partial charge on any atom is -0.494 e. The standard InChI is InChI=1S/C19H20F4N2O2/c1-25(11-4-12-27-15-9-7-14(20)8-10-15)13-18(26)24-17-6-3-2-5-16(17)19(21,22)23/h2-3,5-10H,4,11-13H2,1H3,(H,24,26). The molecule has 1 amide bonds. The molecule has 0 atom stereocenters. The van der Waals surface area contributed by atoms with E-state index < -0.39 is 17.6 Å². The number of nitrogens with zero attached hydrogens (tertiary/aromatic N) is 1. The van der Waals surface area contributed by atoms with Gasteiger partial charge >= 0.3 is 6.18 Å². The molecule has 0 unspecified atom stereocenters. The van der Waals surface area contributed by atoms with Crippen molar-refractivity contribution in [3.63, 3.8) is 0 Å². The maximum Gasteiger partial charge on any atom is 0.418 e. The molecule has 0 radical (unpaired) electrons. The molecule has 0 saturated carbocycles. The monoisotopic (exact) mass is 384 g/mol. The number of nitrogens with one attached hydrogen (secondary N) is 1. The predicted molar refractivity (Wildman–Crippen MR) is 94.1 cm³/mol. The molecule has 0 aliphatic heterocycles. The van der Waals surface area contributed by atoms with Gasteiger partial charge in [-0.1, -0.05) is 12.1 Å². The minimum absolute atomic E-state index is 0.0528. The molecule has 0 bridgehead atoms. The average Bonchev–Trinajstić information content (AvgIpc) is 2.59. The summed E-state index contributed by atoms with van der Waals surface area (Å²) < 4.78 is 57.0. The first kappa shape index (κ1) is 20.7. The molecule has 0 aromatic heterocycles. The quantitative estimate of drug-likeness (QED) is 0.548. The highest BCUT2D eigenvalue weighted by Gasteiger charge is 2.33. The predicted octanol–water partition coefficient (Wildman–Crippen LogP) is 4.18. The number of para-hydroxylation sites is 1. The van der Waals surface area contributed by atoms with Gasteiger partial charge in [0, 0.05) is 6.54 Å². The normalized spacial score (nSPS) is 11.5. The van der Waals surface area contributed by atoms with E-state index in [4.69, 9.17) is 4.74 Å². The van der Waals surface area contributed by atoms with Gasteiger partial charge in [-0.05, 0) is 49.9 Å². The van der Waals surface area contributed by atoms with Gasteiger partial charge in [0.1, 0.15) is 11.6 Å². The number of benzene rings is 2. The average molecular weight is 384 g/mol. The molecule has 0 saturated heterocycles. The molecule has 0 fully saturated rings. The Balaban J connectivity index is 1.75. The zero-order valence-electron chi connectivity index (χ0n) is 14.7. The van der Waals surface area contributed by atoms with Crippen molar-refractivity contribution in [3.05, 3.63) is 59.9 Å². The van der Waals surface area contributed by atoms with Crippen LogP contribution in [-0.2, 0) is 11.0 Å². The largest absolute Gasteiger partial charge is 0.494 e. The van der Waals surface area contributed by atoms with Crippen LogP contribution in [0.3, 0.4) is 0 Å². The van der Waals surface area contributed by atoms with E-state index in [-0.39, 0.29) is 18.0 Å². The molecular formula is C19H20F4N2O2. The topological polar surface area (TPSA) is 41.6 Å². The van der Waals surface area contributed by atoms with Crippen LogP contribution >= 0.6 is 0 Å². The first-order chi connectivity index (χ1) is 12.8. The molecule has 0 aliphatic rings. The molecule has 146 valence electrons. The van der Waals surface area contributed by atoms with Crippen LogP contribution < -0.4 is 10.1 Å². The number of ether oxygens (including phenoxy) is 1. The lowest BCUT2D eigenvalue weighted by atomic mass is 10.1. The van der Waals surface area contributed by atoms with Gasteiger partial charge in [0.15, 0.2) is 0 Å². The first-order valence-corrected chi connectivity index (χ1v) is 8.28. The third-order valence-corrected chi connectivity index (χ3v) is 3.69. The smallest absolute Gasteiger partial charge is 0.418 e. The number of carbonyl (C=O) groups excluding carboxylic acids is 1. The molecule has 4 nitrogen and oxygen atoms in total. The number of hydrogen-bond donors (Lipinski definition) is 1. The number of rotatable bonds is 8. The Kier molecular flexibility index (Phi) is 7.18. The second-order valence-corrected chi connectivity index (χ2v) is 5.99. The zero-order valence-corrected chi connectivity index (χ0v) is 14.7. The summed E-state index contributed by atoms with van der Waals surface area (Å²) in [6, 6.07) is 10.5. The van der Waals surface area contributed by atoms with Crippen LogP contribution in [0.25, 0.3) is 0 Å². The highest BCUT2D eigenvalue weighted by molar-refractivity contribution is 5.93. The van der Waals surface area contributed by atoms with Gasteiger partial charge in [0.2, 0.25) is 5.91 Å². The van der Waals surface area contributed by atoms with Gasteiger partial charge < -0.3 is 10.1 Å². The second-order valence-electron chi connectivity index (χ2n) is 5.99. The molecule has 0 aliphatic carbocycles. The third kappa shape index (κ3) is 6.90. The lowest BCUT2D eigenvalue weighted by molar-refractivity contribution is -0.137. The van der Waals surface area contributed by atoms with Crippen molar-refractivity contribution in [2.24, 2.45) is 0 Å². The number of anilines is 1. The van der Waals surface area contributed by atoms with E-state index in [0.29, 0.717) is 25.3 Å². The van der Waals surface area contributed by atoms with E-state index in [9.17, 15) is 22.4 Å². The van der Waals surface area contributed by atoms with Gasteiger partial charge in [0.05, 0.1) is 24.4 Å². The molecule has 0 heterocycles. The summed E-state index contributed by atoms with van der Waals surface area (Å²) in [5, 5.41) is 2.30. The lowest BCUT2D eigenvalue weighted by Gasteiger charge is -2.18. The SMILES string of the molecule is CN(CCCOc1ccc(F)cc1)CC(=O)Nc1ccccc1C(F)(F)F. The minimum atomic E-state index is -4.53. The highest BCUT2D eigenvalue weighted by atomic mass is 19.4. The summed E-state index contributed by atoms with van der Waals surface area (Å²) in [5.41, 5.74) is -1.14. The number of amides is 1. The van der Waals surface area contributed by atoms with Gasteiger partial charge in [0.25, 0.3) is 0 Å². The third-order valence-electron chi connectivity index (χ3n) is 3.69. The van der Waals surface area contributed by atoms with Crippen LogP contribution in [0.1, 0.15) is 12.0 Å². The Hall–Kier alpha value is -2.61. The highest BCUT2D eigenvalue weighted by Crippen LogP contribution is 2.34. The summed E-state index contributed by atoms with van der Waals surface area (Å²) in [6.45, 7) is 0.826. The maximum absolute atomic E-state index is 12.9.